The minimum atomic E-state index is -4.41. The van der Waals surface area contributed by atoms with Crippen LogP contribution >= 0.6 is 34.8 Å². The zero-order valence-electron chi connectivity index (χ0n) is 18.4. The Balaban J connectivity index is 2.05. The van der Waals surface area contributed by atoms with E-state index < -0.39 is 38.3 Å². The lowest BCUT2D eigenvalue weighted by molar-refractivity contribution is -0.0616. The first kappa shape index (κ1) is 27.1. The fraction of sp³-hybridized carbons (Fsp3) is 0.409. The van der Waals surface area contributed by atoms with E-state index in [2.05, 4.69) is 4.72 Å². The summed E-state index contributed by atoms with van der Waals surface area (Å²) >= 11 is 16.8. The summed E-state index contributed by atoms with van der Waals surface area (Å²) in [5.74, 6) is -0.414. The van der Waals surface area contributed by atoms with Crippen LogP contribution in [0.3, 0.4) is 0 Å². The maximum Gasteiger partial charge on any atom is 0.338 e. The highest BCUT2D eigenvalue weighted by Gasteiger charge is 2.47. The van der Waals surface area contributed by atoms with Crippen molar-refractivity contribution in [1.82, 2.24) is 9.62 Å². The van der Waals surface area contributed by atoms with Crippen molar-refractivity contribution in [1.29, 1.82) is 5.26 Å². The summed E-state index contributed by atoms with van der Waals surface area (Å²) in [6.07, 6.45) is -0.0520. The second-order valence-corrected chi connectivity index (χ2v) is 12.0. The number of ether oxygens (including phenoxy) is 1. The van der Waals surface area contributed by atoms with Gasteiger partial charge >= 0.3 is 10.3 Å². The Morgan fingerprint density at radius 3 is 2.50 bits per heavy atom. The van der Waals surface area contributed by atoms with Crippen molar-refractivity contribution >= 4 is 45.1 Å². The molecular weight excluding hydrogens is 528 g/mol. The van der Waals surface area contributed by atoms with Crippen molar-refractivity contribution in [3.8, 4) is 6.07 Å². The number of hydrogen-bond acceptors (Lipinski definition) is 6. The van der Waals surface area contributed by atoms with E-state index in [1.165, 1.54) is 12.1 Å². The molecule has 34 heavy (non-hydrogen) atoms. The molecule has 1 aliphatic heterocycles. The molecule has 12 heteroatoms. The van der Waals surface area contributed by atoms with Crippen LogP contribution in [0.1, 0.15) is 41.3 Å². The summed E-state index contributed by atoms with van der Waals surface area (Å²) in [6.45, 7) is 0.0252. The molecule has 184 valence electrons. The molecule has 0 amide bonds. The van der Waals surface area contributed by atoms with Crippen LogP contribution in [0.2, 0.25) is 0 Å². The molecular formula is C22H23Cl3FN3O4S. The van der Waals surface area contributed by atoms with Crippen molar-refractivity contribution < 1.29 is 21.7 Å². The van der Waals surface area contributed by atoms with E-state index in [9.17, 15) is 18.1 Å². The van der Waals surface area contributed by atoms with Gasteiger partial charge in [0.2, 0.25) is 3.79 Å². The van der Waals surface area contributed by atoms with E-state index >= 15 is 0 Å². The van der Waals surface area contributed by atoms with Gasteiger partial charge in [-0.15, -0.1) is 0 Å². The van der Waals surface area contributed by atoms with Crippen LogP contribution in [0.25, 0.3) is 0 Å². The Morgan fingerprint density at radius 1 is 1.24 bits per heavy atom. The molecule has 0 aromatic heterocycles. The maximum absolute atomic E-state index is 13.7. The molecule has 3 rings (SSSR count). The molecule has 2 aromatic carbocycles. The monoisotopic (exact) mass is 549 g/mol. The van der Waals surface area contributed by atoms with E-state index in [4.69, 9.17) is 43.7 Å². The first-order valence-corrected chi connectivity index (χ1v) is 12.8. The normalized spacial score (nSPS) is 20.4. The van der Waals surface area contributed by atoms with Crippen LogP contribution in [-0.2, 0) is 24.8 Å². The standard InChI is InChI=1S/C22H23Cl3FN3O4S/c1-29(2)11-3-10-21(16-5-7-17(26)8-6-16)19-9-4-15(13-27)12-18(19)20(33-21)28-34(30,31)32-14-22(23,24)25/h4-9,12,20,28H,3,10-11,14H2,1-2H3/t20-,21+/m1/s1. The second-order valence-electron chi connectivity index (χ2n) is 8.10. The molecule has 0 bridgehead atoms. The summed E-state index contributed by atoms with van der Waals surface area (Å²) in [7, 11) is -0.540. The van der Waals surface area contributed by atoms with Crippen molar-refractivity contribution in [2.45, 2.75) is 28.5 Å². The summed E-state index contributed by atoms with van der Waals surface area (Å²) in [5, 5.41) is 9.40. The van der Waals surface area contributed by atoms with Gasteiger partial charge in [0.15, 0.2) is 6.23 Å². The van der Waals surface area contributed by atoms with Gasteiger partial charge in [-0.05, 0) is 68.9 Å². The maximum atomic E-state index is 13.7. The average Bonchev–Trinajstić information content (AvgIpc) is 3.05. The van der Waals surface area contributed by atoms with E-state index in [0.29, 0.717) is 35.1 Å². The molecule has 0 radical (unpaired) electrons. The quantitative estimate of drug-likeness (QED) is 0.461. The third kappa shape index (κ3) is 6.59. The number of halogens is 4. The van der Waals surface area contributed by atoms with E-state index in [1.54, 1.807) is 30.3 Å². The molecule has 0 aliphatic carbocycles. The molecule has 2 atom stereocenters. The third-order valence-corrected chi connectivity index (χ3v) is 6.55. The van der Waals surface area contributed by atoms with Gasteiger partial charge in [-0.3, -0.25) is 4.18 Å². The number of nitrogens with zero attached hydrogens (tertiary/aromatic N) is 2. The predicted octanol–water partition coefficient (Wildman–Crippen LogP) is 4.53. The van der Waals surface area contributed by atoms with Crippen LogP contribution in [0.5, 0.6) is 0 Å². The number of nitrogens with one attached hydrogen (secondary N) is 1. The average molecular weight is 551 g/mol. The van der Waals surface area contributed by atoms with Crippen LogP contribution in [0.15, 0.2) is 42.5 Å². The fourth-order valence-corrected chi connectivity index (χ4v) is 5.06. The van der Waals surface area contributed by atoms with Crippen molar-refractivity contribution in [2.24, 2.45) is 0 Å². The molecule has 1 N–H and O–H groups in total. The third-order valence-electron chi connectivity index (χ3n) is 5.29. The second kappa shape index (κ2) is 10.6. The summed E-state index contributed by atoms with van der Waals surface area (Å²) in [4.78, 5) is 2.01. The fourth-order valence-electron chi connectivity index (χ4n) is 3.87. The topological polar surface area (TPSA) is 91.7 Å². The molecule has 1 heterocycles. The summed E-state index contributed by atoms with van der Waals surface area (Å²) in [6, 6.07) is 12.8. The van der Waals surface area contributed by atoms with Crippen molar-refractivity contribution in [3.05, 3.63) is 70.5 Å². The molecule has 0 fully saturated rings. The summed E-state index contributed by atoms with van der Waals surface area (Å²) < 4.78 is 50.4. The van der Waals surface area contributed by atoms with Crippen LogP contribution in [-0.4, -0.2) is 44.4 Å². The van der Waals surface area contributed by atoms with Crippen molar-refractivity contribution in [3.63, 3.8) is 0 Å². The minimum Gasteiger partial charge on any atom is -0.342 e. The predicted molar refractivity (Wildman–Crippen MR) is 128 cm³/mol. The lowest BCUT2D eigenvalue weighted by atomic mass is 9.81. The lowest BCUT2D eigenvalue weighted by Crippen LogP contribution is -2.35. The zero-order chi connectivity index (χ0) is 25.1. The van der Waals surface area contributed by atoms with E-state index in [1.807, 2.05) is 25.1 Å². The van der Waals surface area contributed by atoms with Crippen molar-refractivity contribution in [2.75, 3.05) is 27.2 Å². The van der Waals surface area contributed by atoms with E-state index in [-0.39, 0.29) is 0 Å². The van der Waals surface area contributed by atoms with Gasteiger partial charge < -0.3 is 9.64 Å². The molecule has 2 aromatic rings. The van der Waals surface area contributed by atoms with Gasteiger partial charge in [0.05, 0.1) is 11.6 Å². The lowest BCUT2D eigenvalue weighted by Gasteiger charge is -2.32. The highest BCUT2D eigenvalue weighted by molar-refractivity contribution is 7.84. The number of fused-ring (bicyclic) bond motifs is 1. The number of rotatable bonds is 9. The Kier molecular flexibility index (Phi) is 8.49. The molecule has 0 spiro atoms. The highest BCUT2D eigenvalue weighted by Crippen LogP contribution is 2.50. The van der Waals surface area contributed by atoms with Gasteiger partial charge in [0, 0.05) is 5.56 Å². The van der Waals surface area contributed by atoms with Gasteiger partial charge in [0.1, 0.15) is 18.0 Å². The number of benzene rings is 2. The van der Waals surface area contributed by atoms with Crippen LogP contribution < -0.4 is 4.72 Å². The van der Waals surface area contributed by atoms with E-state index in [0.717, 1.165) is 6.54 Å². The van der Waals surface area contributed by atoms with Gasteiger partial charge in [-0.2, -0.15) is 18.4 Å². The number of nitriles is 1. The molecule has 1 aliphatic rings. The Labute approximate surface area is 213 Å². The van der Waals surface area contributed by atoms with Gasteiger partial charge in [-0.25, -0.2) is 4.39 Å². The van der Waals surface area contributed by atoms with Crippen LogP contribution in [0, 0.1) is 17.1 Å². The first-order valence-electron chi connectivity index (χ1n) is 10.2. The minimum absolute atomic E-state index is 0.317. The largest absolute Gasteiger partial charge is 0.342 e. The zero-order valence-corrected chi connectivity index (χ0v) is 21.5. The first-order chi connectivity index (χ1) is 15.8. The van der Waals surface area contributed by atoms with Gasteiger partial charge in [0.25, 0.3) is 0 Å². The molecule has 7 nitrogen and oxygen atoms in total. The number of hydrogen-bond donors (Lipinski definition) is 1. The Bertz CT molecular complexity index is 1170. The van der Waals surface area contributed by atoms with Gasteiger partial charge in [-0.1, -0.05) is 53.0 Å². The Morgan fingerprint density at radius 2 is 1.91 bits per heavy atom. The highest BCUT2D eigenvalue weighted by atomic mass is 35.6. The van der Waals surface area contributed by atoms with Crippen LogP contribution in [0.4, 0.5) is 4.39 Å². The smallest absolute Gasteiger partial charge is 0.338 e. The summed E-state index contributed by atoms with van der Waals surface area (Å²) in [5.41, 5.74) is 0.954. The molecule has 0 saturated carbocycles. The SMILES string of the molecule is CN(C)CCC[C@@]1(c2ccc(F)cc2)O[C@@H](NS(=O)(=O)OCC(Cl)(Cl)Cl)c2cc(C#N)ccc21. The molecule has 0 unspecified atom stereocenters. The molecule has 0 saturated heterocycles. The Hall–Kier alpha value is -1.48. The number of alkyl halides is 3.